The molecule has 1 aromatic carbocycles. The fourth-order valence-electron chi connectivity index (χ4n) is 2.31. The molecule has 1 heterocycles. The number of nitrogens with one attached hydrogen (secondary N) is 1. The van der Waals surface area contributed by atoms with Gasteiger partial charge in [0.05, 0.1) is 15.5 Å². The smallest absolute Gasteiger partial charge is 0.275 e. The van der Waals surface area contributed by atoms with Crippen LogP contribution in [0.1, 0.15) is 12.0 Å². The first-order chi connectivity index (χ1) is 8.61. The summed E-state index contributed by atoms with van der Waals surface area (Å²) in [5, 5.41) is 14.7. The molecule has 0 amide bonds. The largest absolute Gasteiger partial charge is 0.316 e. The highest BCUT2D eigenvalue weighted by molar-refractivity contribution is 6.31. The van der Waals surface area contributed by atoms with E-state index in [1.807, 2.05) is 7.05 Å². The van der Waals surface area contributed by atoms with Crippen molar-refractivity contribution in [3.8, 4) is 0 Å². The van der Waals surface area contributed by atoms with Crippen LogP contribution in [-0.4, -0.2) is 36.0 Å². The molecule has 0 saturated carbocycles. The predicted octanol–water partition coefficient (Wildman–Crippen LogP) is 2.04. The topological polar surface area (TPSA) is 58.4 Å². The van der Waals surface area contributed by atoms with E-state index in [-0.39, 0.29) is 10.6 Å². The summed E-state index contributed by atoms with van der Waals surface area (Å²) >= 11 is 6.08. The van der Waals surface area contributed by atoms with Gasteiger partial charge in [-0.1, -0.05) is 17.7 Å². The van der Waals surface area contributed by atoms with Crippen molar-refractivity contribution in [3.63, 3.8) is 0 Å². The number of hydrogen-bond acceptors (Lipinski definition) is 4. The van der Waals surface area contributed by atoms with Crippen molar-refractivity contribution in [2.75, 3.05) is 20.1 Å². The van der Waals surface area contributed by atoms with Gasteiger partial charge in [0, 0.05) is 31.7 Å². The number of halogens is 1. The third-order valence-corrected chi connectivity index (χ3v) is 3.71. The minimum Gasteiger partial charge on any atom is -0.316 e. The second-order valence-electron chi connectivity index (χ2n) is 4.50. The molecule has 1 atom stereocenters. The molecule has 2 rings (SSSR count). The maximum Gasteiger partial charge on any atom is 0.275 e. The predicted molar refractivity (Wildman–Crippen MR) is 70.8 cm³/mol. The van der Waals surface area contributed by atoms with Gasteiger partial charge in [-0.25, -0.2) is 0 Å². The van der Waals surface area contributed by atoms with Crippen molar-refractivity contribution in [2.24, 2.45) is 0 Å². The zero-order valence-corrected chi connectivity index (χ0v) is 11.0. The Hall–Kier alpha value is -1.17. The van der Waals surface area contributed by atoms with Crippen LogP contribution in [0.2, 0.25) is 5.02 Å². The molecule has 1 saturated heterocycles. The Labute approximate surface area is 111 Å². The molecular weight excluding hydrogens is 254 g/mol. The molecule has 1 aliphatic rings. The number of nitro groups is 1. The first kappa shape index (κ1) is 13.3. The highest BCUT2D eigenvalue weighted by atomic mass is 35.5. The molecule has 1 N–H and O–H groups in total. The van der Waals surface area contributed by atoms with E-state index in [0.717, 1.165) is 19.5 Å². The van der Waals surface area contributed by atoms with Gasteiger partial charge >= 0.3 is 0 Å². The number of likely N-dealkylation sites (tertiary alicyclic amines) is 1. The first-order valence-electron chi connectivity index (χ1n) is 5.93. The zero-order valence-electron chi connectivity index (χ0n) is 10.2. The number of likely N-dealkylation sites (N-methyl/N-ethyl adjacent to an activating group) is 1. The van der Waals surface area contributed by atoms with Crippen LogP contribution in [0.15, 0.2) is 18.2 Å². The van der Waals surface area contributed by atoms with Crippen LogP contribution in [-0.2, 0) is 6.54 Å². The second-order valence-corrected chi connectivity index (χ2v) is 4.91. The number of nitro benzene ring substituents is 1. The maximum atomic E-state index is 11.0. The molecular formula is C12H16ClN3O2. The molecule has 18 heavy (non-hydrogen) atoms. The average Bonchev–Trinajstić information content (AvgIpc) is 2.79. The van der Waals surface area contributed by atoms with Crippen molar-refractivity contribution in [2.45, 2.75) is 19.0 Å². The van der Waals surface area contributed by atoms with Gasteiger partial charge in [-0.3, -0.25) is 15.0 Å². The summed E-state index contributed by atoms with van der Waals surface area (Å²) in [6.45, 7) is 2.38. The van der Waals surface area contributed by atoms with E-state index >= 15 is 0 Å². The third-order valence-electron chi connectivity index (χ3n) is 3.35. The Bertz CT molecular complexity index is 453. The van der Waals surface area contributed by atoms with Gasteiger partial charge in [-0.2, -0.15) is 0 Å². The minimum atomic E-state index is -0.368. The molecule has 5 nitrogen and oxygen atoms in total. The van der Waals surface area contributed by atoms with Gasteiger partial charge in [-0.05, 0) is 19.5 Å². The molecule has 98 valence electrons. The fraction of sp³-hybridized carbons (Fsp3) is 0.500. The first-order valence-corrected chi connectivity index (χ1v) is 6.31. The molecule has 1 fully saturated rings. The SMILES string of the molecule is CNC1CCN(Cc2c(Cl)cccc2[N+](=O)[O-])C1. The second kappa shape index (κ2) is 5.65. The number of benzene rings is 1. The summed E-state index contributed by atoms with van der Waals surface area (Å²) in [5.41, 5.74) is 0.719. The number of rotatable bonds is 4. The number of hydrogen-bond donors (Lipinski definition) is 1. The summed E-state index contributed by atoms with van der Waals surface area (Å²) in [7, 11) is 1.94. The lowest BCUT2D eigenvalue weighted by Gasteiger charge is -2.16. The lowest BCUT2D eigenvalue weighted by molar-refractivity contribution is -0.385. The van der Waals surface area contributed by atoms with Crippen molar-refractivity contribution in [1.29, 1.82) is 0 Å². The molecule has 0 bridgehead atoms. The van der Waals surface area contributed by atoms with Crippen LogP contribution in [0.5, 0.6) is 0 Å². The van der Waals surface area contributed by atoms with Gasteiger partial charge in [0.15, 0.2) is 0 Å². The van der Waals surface area contributed by atoms with Crippen molar-refractivity contribution in [1.82, 2.24) is 10.2 Å². The monoisotopic (exact) mass is 269 g/mol. The van der Waals surface area contributed by atoms with Gasteiger partial charge in [0.25, 0.3) is 5.69 Å². The van der Waals surface area contributed by atoms with Crippen LogP contribution in [0.25, 0.3) is 0 Å². The van der Waals surface area contributed by atoms with Gasteiger partial charge in [0.2, 0.25) is 0 Å². The maximum absolute atomic E-state index is 11.0. The van der Waals surface area contributed by atoms with E-state index < -0.39 is 0 Å². The molecule has 0 spiro atoms. The zero-order chi connectivity index (χ0) is 13.1. The van der Waals surface area contributed by atoms with Gasteiger partial charge in [0.1, 0.15) is 0 Å². The van der Waals surface area contributed by atoms with E-state index in [0.29, 0.717) is 23.2 Å². The Balaban J connectivity index is 2.16. The number of nitrogens with zero attached hydrogens (tertiary/aromatic N) is 2. The lowest BCUT2D eigenvalue weighted by atomic mass is 10.1. The fourth-order valence-corrected chi connectivity index (χ4v) is 2.54. The quantitative estimate of drug-likeness (QED) is 0.671. The molecule has 0 aromatic heterocycles. The highest BCUT2D eigenvalue weighted by Crippen LogP contribution is 2.28. The van der Waals surface area contributed by atoms with Crippen LogP contribution in [0, 0.1) is 10.1 Å². The van der Waals surface area contributed by atoms with Crippen LogP contribution >= 0.6 is 11.6 Å². The van der Waals surface area contributed by atoms with Gasteiger partial charge in [-0.15, -0.1) is 0 Å². The van der Waals surface area contributed by atoms with E-state index in [4.69, 9.17) is 11.6 Å². The van der Waals surface area contributed by atoms with E-state index in [1.165, 1.54) is 6.07 Å². The third kappa shape index (κ3) is 2.80. The van der Waals surface area contributed by atoms with Crippen LogP contribution in [0.3, 0.4) is 0 Å². The molecule has 1 aromatic rings. The molecule has 0 aliphatic carbocycles. The standard InChI is InChI=1S/C12H16ClN3O2/c1-14-9-5-6-15(7-9)8-10-11(13)3-2-4-12(10)16(17)18/h2-4,9,14H,5-8H2,1H3. The van der Waals surface area contributed by atoms with Crippen molar-refractivity contribution in [3.05, 3.63) is 38.9 Å². The average molecular weight is 270 g/mol. The molecule has 0 radical (unpaired) electrons. The summed E-state index contributed by atoms with van der Waals surface area (Å²) in [6.07, 6.45) is 1.06. The molecule has 1 aliphatic heterocycles. The Morgan fingerprint density at radius 2 is 2.39 bits per heavy atom. The summed E-state index contributed by atoms with van der Waals surface area (Å²) in [5.74, 6) is 0. The van der Waals surface area contributed by atoms with Gasteiger partial charge < -0.3 is 5.32 Å². The highest BCUT2D eigenvalue weighted by Gasteiger charge is 2.25. The Morgan fingerprint density at radius 1 is 1.61 bits per heavy atom. The van der Waals surface area contributed by atoms with Crippen molar-refractivity contribution >= 4 is 17.3 Å². The Morgan fingerprint density at radius 3 is 3.00 bits per heavy atom. The van der Waals surface area contributed by atoms with E-state index in [9.17, 15) is 10.1 Å². The Kier molecular flexibility index (Phi) is 4.16. The summed E-state index contributed by atoms with van der Waals surface area (Å²) < 4.78 is 0. The lowest BCUT2D eigenvalue weighted by Crippen LogP contribution is -2.29. The summed E-state index contributed by atoms with van der Waals surface area (Å²) in [4.78, 5) is 12.8. The summed E-state index contributed by atoms with van der Waals surface area (Å²) in [6, 6.07) is 5.29. The molecule has 1 unspecified atom stereocenters. The van der Waals surface area contributed by atoms with Crippen molar-refractivity contribution < 1.29 is 4.92 Å². The van der Waals surface area contributed by atoms with Crippen LogP contribution < -0.4 is 5.32 Å². The van der Waals surface area contributed by atoms with E-state index in [2.05, 4.69) is 10.2 Å². The minimum absolute atomic E-state index is 0.107. The van der Waals surface area contributed by atoms with Crippen LogP contribution in [0.4, 0.5) is 5.69 Å². The normalized spacial score (nSPS) is 20.2. The molecule has 6 heteroatoms. The van der Waals surface area contributed by atoms with E-state index in [1.54, 1.807) is 12.1 Å².